The second-order valence-corrected chi connectivity index (χ2v) is 3.63. The van der Waals surface area contributed by atoms with Crippen LogP contribution in [-0.4, -0.2) is 23.6 Å². The summed E-state index contributed by atoms with van der Waals surface area (Å²) in [5.74, 6) is 0. The van der Waals surface area contributed by atoms with Crippen molar-refractivity contribution < 1.29 is 0 Å². The van der Waals surface area contributed by atoms with Crippen molar-refractivity contribution in [1.82, 2.24) is 4.98 Å². The standard InChI is InChI=1S/C10H15N3S/c1-3-6-13(2)8-4-5-9(10(11)14)12-7-8/h4-5,7H,3,6H2,1-2H3,(H2,11,14). The van der Waals surface area contributed by atoms with E-state index in [-0.39, 0.29) is 0 Å². The van der Waals surface area contributed by atoms with Gasteiger partial charge in [-0.1, -0.05) is 19.1 Å². The lowest BCUT2D eigenvalue weighted by molar-refractivity contribution is 0.849. The molecule has 1 heterocycles. The Hall–Kier alpha value is -1.16. The fraction of sp³-hybridized carbons (Fsp3) is 0.400. The molecule has 2 N–H and O–H groups in total. The van der Waals surface area contributed by atoms with Gasteiger partial charge in [-0.25, -0.2) is 0 Å². The number of hydrogen-bond donors (Lipinski definition) is 1. The molecule has 0 aliphatic heterocycles. The predicted molar refractivity (Wildman–Crippen MR) is 63.7 cm³/mol. The largest absolute Gasteiger partial charge is 0.388 e. The molecule has 76 valence electrons. The maximum absolute atomic E-state index is 5.45. The molecule has 1 aromatic rings. The van der Waals surface area contributed by atoms with Gasteiger partial charge in [-0.3, -0.25) is 4.98 Å². The molecule has 0 saturated heterocycles. The van der Waals surface area contributed by atoms with Gasteiger partial charge in [-0.2, -0.15) is 0 Å². The Morgan fingerprint density at radius 2 is 2.29 bits per heavy atom. The molecule has 0 saturated carbocycles. The van der Waals surface area contributed by atoms with Gasteiger partial charge in [-0.15, -0.1) is 0 Å². The quantitative estimate of drug-likeness (QED) is 0.764. The molecule has 0 aliphatic rings. The van der Waals surface area contributed by atoms with E-state index in [1.807, 2.05) is 19.2 Å². The highest BCUT2D eigenvalue weighted by molar-refractivity contribution is 7.80. The van der Waals surface area contributed by atoms with E-state index in [1.165, 1.54) is 0 Å². The van der Waals surface area contributed by atoms with E-state index < -0.39 is 0 Å². The molecule has 0 bridgehead atoms. The summed E-state index contributed by atoms with van der Waals surface area (Å²) < 4.78 is 0. The number of anilines is 1. The number of pyridine rings is 1. The van der Waals surface area contributed by atoms with Crippen LogP contribution in [0.3, 0.4) is 0 Å². The first kappa shape index (κ1) is 10.9. The van der Waals surface area contributed by atoms with Crippen LogP contribution in [0.1, 0.15) is 19.0 Å². The number of nitrogens with two attached hydrogens (primary N) is 1. The van der Waals surface area contributed by atoms with Crippen molar-refractivity contribution in [2.45, 2.75) is 13.3 Å². The Labute approximate surface area is 89.9 Å². The van der Waals surface area contributed by atoms with Crippen LogP contribution < -0.4 is 10.6 Å². The van der Waals surface area contributed by atoms with Crippen molar-refractivity contribution in [3.8, 4) is 0 Å². The number of hydrogen-bond acceptors (Lipinski definition) is 3. The number of aromatic nitrogens is 1. The monoisotopic (exact) mass is 209 g/mol. The molecular weight excluding hydrogens is 194 g/mol. The van der Waals surface area contributed by atoms with Crippen molar-refractivity contribution in [1.29, 1.82) is 0 Å². The second-order valence-electron chi connectivity index (χ2n) is 3.19. The summed E-state index contributed by atoms with van der Waals surface area (Å²) in [6.07, 6.45) is 2.91. The Bertz CT molecular complexity index is 308. The first-order chi connectivity index (χ1) is 6.65. The topological polar surface area (TPSA) is 42.1 Å². The van der Waals surface area contributed by atoms with Crippen LogP contribution in [0.15, 0.2) is 18.3 Å². The molecule has 0 aliphatic carbocycles. The summed E-state index contributed by atoms with van der Waals surface area (Å²) in [5.41, 5.74) is 7.22. The summed E-state index contributed by atoms with van der Waals surface area (Å²) in [5, 5.41) is 0. The molecule has 1 rings (SSSR count). The smallest absolute Gasteiger partial charge is 0.122 e. The summed E-state index contributed by atoms with van der Waals surface area (Å²) >= 11 is 4.82. The maximum atomic E-state index is 5.45. The first-order valence-electron chi connectivity index (χ1n) is 4.62. The van der Waals surface area contributed by atoms with Crippen LogP contribution in [0.2, 0.25) is 0 Å². The van der Waals surface area contributed by atoms with Gasteiger partial charge in [0.05, 0.1) is 17.6 Å². The summed E-state index contributed by atoms with van der Waals surface area (Å²) in [4.78, 5) is 6.67. The van der Waals surface area contributed by atoms with Crippen LogP contribution >= 0.6 is 12.2 Å². The van der Waals surface area contributed by atoms with Gasteiger partial charge >= 0.3 is 0 Å². The fourth-order valence-electron chi connectivity index (χ4n) is 1.22. The van der Waals surface area contributed by atoms with Crippen molar-refractivity contribution in [2.75, 3.05) is 18.5 Å². The Balaban J connectivity index is 2.77. The van der Waals surface area contributed by atoms with Crippen LogP contribution in [0.25, 0.3) is 0 Å². The van der Waals surface area contributed by atoms with E-state index in [4.69, 9.17) is 18.0 Å². The highest BCUT2D eigenvalue weighted by Crippen LogP contribution is 2.11. The Morgan fingerprint density at radius 1 is 1.57 bits per heavy atom. The second kappa shape index (κ2) is 4.91. The van der Waals surface area contributed by atoms with Gasteiger partial charge in [0, 0.05) is 13.6 Å². The molecule has 0 fully saturated rings. The summed E-state index contributed by atoms with van der Waals surface area (Å²) in [6.45, 7) is 3.17. The Kier molecular flexibility index (Phi) is 3.83. The van der Waals surface area contributed by atoms with E-state index in [9.17, 15) is 0 Å². The van der Waals surface area contributed by atoms with Crippen LogP contribution in [0.5, 0.6) is 0 Å². The minimum Gasteiger partial charge on any atom is -0.388 e. The van der Waals surface area contributed by atoms with E-state index in [1.54, 1.807) is 6.20 Å². The van der Waals surface area contributed by atoms with E-state index in [2.05, 4.69) is 16.8 Å². The van der Waals surface area contributed by atoms with Crippen molar-refractivity contribution >= 4 is 22.9 Å². The van der Waals surface area contributed by atoms with Crippen molar-refractivity contribution in [2.24, 2.45) is 5.73 Å². The number of rotatable bonds is 4. The zero-order chi connectivity index (χ0) is 10.6. The lowest BCUT2D eigenvalue weighted by atomic mass is 10.3. The lowest BCUT2D eigenvalue weighted by Crippen LogP contribution is -2.18. The molecule has 0 aromatic carbocycles. The van der Waals surface area contributed by atoms with Crippen molar-refractivity contribution in [3.63, 3.8) is 0 Å². The average molecular weight is 209 g/mol. The van der Waals surface area contributed by atoms with Crippen LogP contribution in [0.4, 0.5) is 5.69 Å². The predicted octanol–water partition coefficient (Wildman–Crippen LogP) is 1.56. The van der Waals surface area contributed by atoms with E-state index >= 15 is 0 Å². The van der Waals surface area contributed by atoms with E-state index in [0.717, 1.165) is 18.7 Å². The maximum Gasteiger partial charge on any atom is 0.122 e. The molecular formula is C10H15N3S. The average Bonchev–Trinajstić information content (AvgIpc) is 2.18. The molecule has 3 nitrogen and oxygen atoms in total. The molecule has 0 atom stereocenters. The molecule has 4 heteroatoms. The third-order valence-electron chi connectivity index (χ3n) is 2.00. The van der Waals surface area contributed by atoms with Gasteiger partial charge in [0.25, 0.3) is 0 Å². The highest BCUT2D eigenvalue weighted by atomic mass is 32.1. The van der Waals surface area contributed by atoms with Crippen LogP contribution in [0, 0.1) is 0 Å². The minimum atomic E-state index is 0.342. The Morgan fingerprint density at radius 3 is 2.71 bits per heavy atom. The molecule has 0 unspecified atom stereocenters. The molecule has 0 spiro atoms. The molecule has 1 aromatic heterocycles. The highest BCUT2D eigenvalue weighted by Gasteiger charge is 2.01. The molecule has 0 radical (unpaired) electrons. The molecule has 14 heavy (non-hydrogen) atoms. The van der Waals surface area contributed by atoms with Crippen LogP contribution in [-0.2, 0) is 0 Å². The zero-order valence-electron chi connectivity index (χ0n) is 8.53. The van der Waals surface area contributed by atoms with Gasteiger partial charge < -0.3 is 10.6 Å². The third kappa shape index (κ3) is 2.67. The minimum absolute atomic E-state index is 0.342. The zero-order valence-corrected chi connectivity index (χ0v) is 9.34. The first-order valence-corrected chi connectivity index (χ1v) is 5.03. The van der Waals surface area contributed by atoms with Gasteiger partial charge in [0.15, 0.2) is 0 Å². The molecule has 0 amide bonds. The number of nitrogens with zero attached hydrogens (tertiary/aromatic N) is 2. The van der Waals surface area contributed by atoms with Gasteiger partial charge in [0.1, 0.15) is 4.99 Å². The normalized spacial score (nSPS) is 9.86. The third-order valence-corrected chi connectivity index (χ3v) is 2.21. The fourth-order valence-corrected chi connectivity index (χ4v) is 1.34. The van der Waals surface area contributed by atoms with Gasteiger partial charge in [-0.05, 0) is 18.6 Å². The SMILES string of the molecule is CCCN(C)c1ccc(C(N)=S)nc1. The summed E-state index contributed by atoms with van der Waals surface area (Å²) in [7, 11) is 2.04. The van der Waals surface area contributed by atoms with Crippen molar-refractivity contribution in [3.05, 3.63) is 24.0 Å². The van der Waals surface area contributed by atoms with E-state index in [0.29, 0.717) is 10.7 Å². The summed E-state index contributed by atoms with van der Waals surface area (Å²) in [6, 6.07) is 3.83. The van der Waals surface area contributed by atoms with Gasteiger partial charge in [0.2, 0.25) is 0 Å². The lowest BCUT2D eigenvalue weighted by Gasteiger charge is -2.17. The number of thiocarbonyl (C=S) groups is 1.